The molecule has 2 aliphatic heterocycles. The molecular weight excluding hydrogens is 434 g/mol. The summed E-state index contributed by atoms with van der Waals surface area (Å²) in [6.45, 7) is 4.01. The van der Waals surface area contributed by atoms with Gasteiger partial charge in [-0.3, -0.25) is 19.3 Å². The maximum absolute atomic E-state index is 12.8. The minimum Gasteiger partial charge on any atom is -0.454 e. The van der Waals surface area contributed by atoms with E-state index in [0.29, 0.717) is 59.5 Å². The van der Waals surface area contributed by atoms with Crippen LogP contribution in [0.3, 0.4) is 0 Å². The first-order valence-corrected chi connectivity index (χ1v) is 10.8. The summed E-state index contributed by atoms with van der Waals surface area (Å²) < 4.78 is 10.7. The summed E-state index contributed by atoms with van der Waals surface area (Å²) >= 11 is 6.17. The van der Waals surface area contributed by atoms with Crippen LogP contribution in [-0.2, 0) is 4.79 Å². The molecule has 2 heterocycles. The molecule has 2 aliphatic rings. The number of rotatable bonds is 5. The molecule has 8 nitrogen and oxygen atoms in total. The molecule has 168 valence electrons. The average molecular weight is 458 g/mol. The zero-order valence-corrected chi connectivity index (χ0v) is 18.5. The van der Waals surface area contributed by atoms with E-state index < -0.39 is 0 Å². The molecule has 1 N–H and O–H groups in total. The first-order chi connectivity index (χ1) is 15.4. The molecule has 9 heteroatoms. The van der Waals surface area contributed by atoms with E-state index in [1.54, 1.807) is 41.3 Å². The van der Waals surface area contributed by atoms with Gasteiger partial charge in [-0.05, 0) is 31.5 Å². The van der Waals surface area contributed by atoms with Crippen LogP contribution in [0.4, 0.5) is 5.69 Å². The number of ether oxygens (including phenoxy) is 2. The summed E-state index contributed by atoms with van der Waals surface area (Å²) in [6.07, 6.45) is 0.742. The smallest absolute Gasteiger partial charge is 0.255 e. The highest BCUT2D eigenvalue weighted by Gasteiger charge is 2.24. The summed E-state index contributed by atoms with van der Waals surface area (Å²) in [5.41, 5.74) is 1.26. The van der Waals surface area contributed by atoms with Crippen molar-refractivity contribution >= 4 is 34.9 Å². The van der Waals surface area contributed by atoms with E-state index >= 15 is 0 Å². The third kappa shape index (κ3) is 4.87. The van der Waals surface area contributed by atoms with Crippen molar-refractivity contribution in [1.29, 1.82) is 0 Å². The van der Waals surface area contributed by atoms with Crippen LogP contribution in [0.25, 0.3) is 0 Å². The van der Waals surface area contributed by atoms with E-state index in [1.807, 2.05) is 4.90 Å². The van der Waals surface area contributed by atoms with Crippen LogP contribution in [0.2, 0.25) is 5.02 Å². The van der Waals surface area contributed by atoms with Gasteiger partial charge >= 0.3 is 0 Å². The van der Waals surface area contributed by atoms with Gasteiger partial charge in [0.1, 0.15) is 0 Å². The number of carbonyl (C=O) groups is 3. The lowest BCUT2D eigenvalue weighted by Crippen LogP contribution is -2.38. The average Bonchev–Trinajstić information content (AvgIpc) is 3.10. The Balaban J connectivity index is 1.37. The lowest BCUT2D eigenvalue weighted by molar-refractivity contribution is -0.117. The van der Waals surface area contributed by atoms with Crippen LogP contribution < -0.4 is 14.8 Å². The Morgan fingerprint density at radius 2 is 1.75 bits per heavy atom. The van der Waals surface area contributed by atoms with Crippen molar-refractivity contribution in [3.05, 3.63) is 52.5 Å². The number of Topliss-reactive ketones (excluding diaryl/α,β-unsaturated/α-hetero) is 1. The van der Waals surface area contributed by atoms with Crippen LogP contribution in [0, 0.1) is 0 Å². The molecule has 0 unspecified atom stereocenters. The van der Waals surface area contributed by atoms with Crippen molar-refractivity contribution in [3.63, 3.8) is 0 Å². The number of ketones is 1. The molecule has 1 saturated heterocycles. The first kappa shape index (κ1) is 22.1. The van der Waals surface area contributed by atoms with E-state index in [1.165, 1.54) is 6.92 Å². The van der Waals surface area contributed by atoms with Gasteiger partial charge in [0.25, 0.3) is 5.91 Å². The number of anilines is 1. The Hall–Kier alpha value is -3.10. The Morgan fingerprint density at radius 3 is 2.50 bits per heavy atom. The number of hydrogen-bond donors (Lipinski definition) is 1. The summed E-state index contributed by atoms with van der Waals surface area (Å²) in [6, 6.07) is 10.2. The van der Waals surface area contributed by atoms with E-state index in [0.717, 1.165) is 6.42 Å². The molecule has 0 spiro atoms. The fourth-order valence-corrected chi connectivity index (χ4v) is 4.08. The molecule has 4 rings (SSSR count). The number of halogens is 1. The molecule has 2 aromatic rings. The lowest BCUT2D eigenvalue weighted by atomic mass is 10.1. The number of hydrogen-bond acceptors (Lipinski definition) is 6. The standard InChI is InChI=1S/C23H24ClN3O5/c1-15(28)17-11-20-21(32-14-31-20)12-19(17)25-22(29)13-26-7-4-8-27(10-9-26)23(30)16-5-2-3-6-18(16)24/h2-3,5-6,11-12H,4,7-10,13-14H2,1H3,(H,25,29). The highest BCUT2D eigenvalue weighted by Crippen LogP contribution is 2.37. The molecule has 0 aliphatic carbocycles. The van der Waals surface area contributed by atoms with E-state index in [2.05, 4.69) is 5.32 Å². The molecule has 32 heavy (non-hydrogen) atoms. The maximum Gasteiger partial charge on any atom is 0.255 e. The number of nitrogens with one attached hydrogen (secondary N) is 1. The van der Waals surface area contributed by atoms with Crippen molar-refractivity contribution < 1.29 is 23.9 Å². The normalized spacial score (nSPS) is 15.9. The molecular formula is C23H24ClN3O5. The summed E-state index contributed by atoms with van der Waals surface area (Å²) in [4.78, 5) is 41.3. The maximum atomic E-state index is 12.8. The molecule has 0 atom stereocenters. The van der Waals surface area contributed by atoms with Gasteiger partial charge in [0.15, 0.2) is 17.3 Å². The van der Waals surface area contributed by atoms with Gasteiger partial charge in [0.05, 0.1) is 22.8 Å². The van der Waals surface area contributed by atoms with Gasteiger partial charge in [0.2, 0.25) is 12.7 Å². The Kier molecular flexibility index (Phi) is 6.62. The van der Waals surface area contributed by atoms with Crippen molar-refractivity contribution in [2.24, 2.45) is 0 Å². The number of amides is 2. The monoisotopic (exact) mass is 457 g/mol. The van der Waals surface area contributed by atoms with Crippen molar-refractivity contribution in [2.75, 3.05) is 44.8 Å². The topological polar surface area (TPSA) is 88.2 Å². The third-order valence-electron chi connectivity index (χ3n) is 5.51. The molecule has 0 saturated carbocycles. The van der Waals surface area contributed by atoms with E-state index in [-0.39, 0.29) is 30.9 Å². The Bertz CT molecular complexity index is 1060. The van der Waals surface area contributed by atoms with E-state index in [9.17, 15) is 14.4 Å². The predicted molar refractivity (Wildman–Crippen MR) is 120 cm³/mol. The molecule has 0 bridgehead atoms. The predicted octanol–water partition coefficient (Wildman–Crippen LogP) is 3.06. The SMILES string of the molecule is CC(=O)c1cc2c(cc1NC(=O)CN1CCCN(C(=O)c3ccccc3Cl)CC1)OCO2. The number of benzene rings is 2. The molecule has 0 aromatic heterocycles. The molecule has 2 amide bonds. The van der Waals surface area contributed by atoms with Gasteiger partial charge in [-0.2, -0.15) is 0 Å². The van der Waals surface area contributed by atoms with Gasteiger partial charge in [-0.15, -0.1) is 0 Å². The zero-order chi connectivity index (χ0) is 22.7. The van der Waals surface area contributed by atoms with Gasteiger partial charge in [-0.25, -0.2) is 0 Å². The quantitative estimate of drug-likeness (QED) is 0.694. The highest BCUT2D eigenvalue weighted by atomic mass is 35.5. The third-order valence-corrected chi connectivity index (χ3v) is 5.84. The lowest BCUT2D eigenvalue weighted by Gasteiger charge is -2.22. The number of carbonyl (C=O) groups excluding carboxylic acids is 3. The number of fused-ring (bicyclic) bond motifs is 1. The Labute approximate surface area is 191 Å². The minimum atomic E-state index is -0.239. The van der Waals surface area contributed by atoms with Crippen LogP contribution in [0.5, 0.6) is 11.5 Å². The van der Waals surface area contributed by atoms with Crippen LogP contribution in [0.1, 0.15) is 34.1 Å². The molecule has 0 radical (unpaired) electrons. The second kappa shape index (κ2) is 9.58. The molecule has 2 aromatic carbocycles. The second-order valence-corrected chi connectivity index (χ2v) is 8.16. The molecule has 1 fully saturated rings. The van der Waals surface area contributed by atoms with E-state index in [4.69, 9.17) is 21.1 Å². The number of nitrogens with zero attached hydrogens (tertiary/aromatic N) is 2. The van der Waals surface area contributed by atoms with Crippen LogP contribution in [0.15, 0.2) is 36.4 Å². The van der Waals surface area contributed by atoms with Crippen LogP contribution in [-0.4, -0.2) is 66.9 Å². The summed E-state index contributed by atoms with van der Waals surface area (Å²) in [5, 5.41) is 3.25. The second-order valence-electron chi connectivity index (χ2n) is 7.76. The van der Waals surface area contributed by atoms with Gasteiger partial charge in [-0.1, -0.05) is 23.7 Å². The fraction of sp³-hybridized carbons (Fsp3) is 0.348. The van der Waals surface area contributed by atoms with Gasteiger partial charge < -0.3 is 19.7 Å². The first-order valence-electron chi connectivity index (χ1n) is 10.4. The Morgan fingerprint density at radius 1 is 1.00 bits per heavy atom. The highest BCUT2D eigenvalue weighted by molar-refractivity contribution is 6.33. The van der Waals surface area contributed by atoms with Crippen LogP contribution >= 0.6 is 11.6 Å². The summed E-state index contributed by atoms with van der Waals surface area (Å²) in [5.74, 6) is 0.463. The van der Waals surface area contributed by atoms with Crippen molar-refractivity contribution in [1.82, 2.24) is 9.80 Å². The van der Waals surface area contributed by atoms with Crippen molar-refractivity contribution in [3.8, 4) is 11.5 Å². The fourth-order valence-electron chi connectivity index (χ4n) is 3.87. The largest absolute Gasteiger partial charge is 0.454 e. The minimum absolute atomic E-state index is 0.0846. The van der Waals surface area contributed by atoms with Crippen molar-refractivity contribution in [2.45, 2.75) is 13.3 Å². The zero-order valence-electron chi connectivity index (χ0n) is 17.7. The summed E-state index contributed by atoms with van der Waals surface area (Å²) in [7, 11) is 0. The van der Waals surface area contributed by atoms with Gasteiger partial charge in [0, 0.05) is 37.8 Å².